The maximum atomic E-state index is 8.85. The molecular weight excluding hydrogens is 222 g/mol. The summed E-state index contributed by atoms with van der Waals surface area (Å²) in [5, 5.41) is 8.85. The summed E-state index contributed by atoms with van der Waals surface area (Å²) < 4.78 is 0. The zero-order valence-corrected chi connectivity index (χ0v) is 10.3. The Morgan fingerprint density at radius 3 is 1.78 bits per heavy atom. The molecule has 0 atom stereocenters. The van der Waals surface area contributed by atoms with Crippen LogP contribution >= 0.6 is 0 Å². The van der Waals surface area contributed by atoms with Crippen molar-refractivity contribution in [2.24, 2.45) is 4.99 Å². The molecule has 0 aliphatic heterocycles. The van der Waals surface area contributed by atoms with Crippen LogP contribution in [0.1, 0.15) is 17.5 Å². The highest BCUT2D eigenvalue weighted by molar-refractivity contribution is 6.12. The Balaban J connectivity index is 2.33. The first-order valence-electron chi connectivity index (χ1n) is 6.18. The monoisotopic (exact) mass is 239 g/mol. The summed E-state index contributed by atoms with van der Waals surface area (Å²) in [4.78, 5) is 4.61. The van der Waals surface area contributed by atoms with Gasteiger partial charge in [0.1, 0.15) is 0 Å². The van der Waals surface area contributed by atoms with Crippen molar-refractivity contribution in [3.8, 4) is 0 Å². The van der Waals surface area contributed by atoms with E-state index >= 15 is 0 Å². The first-order valence-corrected chi connectivity index (χ1v) is 6.18. The molecule has 2 nitrogen and oxygen atoms in total. The normalized spacial score (nSPS) is 10.1. The highest BCUT2D eigenvalue weighted by Gasteiger charge is 2.05. The third-order valence-electron chi connectivity index (χ3n) is 2.68. The van der Waals surface area contributed by atoms with Crippen molar-refractivity contribution in [1.82, 2.24) is 0 Å². The molecular formula is C16H17NO. The minimum absolute atomic E-state index is 0.181. The Labute approximate surface area is 108 Å². The summed E-state index contributed by atoms with van der Waals surface area (Å²) in [6.07, 6.45) is 0.698. The SMILES string of the molecule is OCCCN=C(c1ccccc1)c1ccccc1. The second-order valence-electron chi connectivity index (χ2n) is 4.04. The molecule has 0 saturated heterocycles. The molecule has 0 heterocycles. The fourth-order valence-electron chi connectivity index (χ4n) is 1.80. The van der Waals surface area contributed by atoms with E-state index in [1.807, 2.05) is 36.4 Å². The molecule has 0 aliphatic carbocycles. The summed E-state index contributed by atoms with van der Waals surface area (Å²) >= 11 is 0. The van der Waals surface area contributed by atoms with Crippen molar-refractivity contribution in [3.05, 3.63) is 71.8 Å². The molecule has 0 bridgehead atoms. The van der Waals surface area contributed by atoms with E-state index in [0.29, 0.717) is 13.0 Å². The lowest BCUT2D eigenvalue weighted by Gasteiger charge is -2.07. The van der Waals surface area contributed by atoms with Gasteiger partial charge in [-0.2, -0.15) is 0 Å². The molecule has 1 N–H and O–H groups in total. The predicted octanol–water partition coefficient (Wildman–Crippen LogP) is 2.91. The highest BCUT2D eigenvalue weighted by Crippen LogP contribution is 2.11. The molecule has 0 fully saturated rings. The van der Waals surface area contributed by atoms with Gasteiger partial charge in [-0.25, -0.2) is 0 Å². The lowest BCUT2D eigenvalue weighted by atomic mass is 10.0. The second-order valence-corrected chi connectivity index (χ2v) is 4.04. The maximum Gasteiger partial charge on any atom is 0.0718 e. The predicted molar refractivity (Wildman–Crippen MR) is 75.1 cm³/mol. The number of hydrogen-bond acceptors (Lipinski definition) is 2. The number of aliphatic hydroxyl groups excluding tert-OH is 1. The van der Waals surface area contributed by atoms with Crippen LogP contribution in [-0.2, 0) is 0 Å². The molecule has 2 aromatic carbocycles. The number of rotatable bonds is 5. The molecule has 0 amide bonds. The number of aliphatic imine (C=N–C) groups is 1. The number of aliphatic hydroxyl groups is 1. The van der Waals surface area contributed by atoms with Crippen LogP contribution in [0.25, 0.3) is 0 Å². The summed E-state index contributed by atoms with van der Waals surface area (Å²) in [5.41, 5.74) is 3.22. The van der Waals surface area contributed by atoms with E-state index in [9.17, 15) is 0 Å². The summed E-state index contributed by atoms with van der Waals surface area (Å²) in [7, 11) is 0. The molecule has 0 spiro atoms. The van der Waals surface area contributed by atoms with E-state index in [-0.39, 0.29) is 6.61 Å². The van der Waals surface area contributed by atoms with Crippen LogP contribution < -0.4 is 0 Å². The average molecular weight is 239 g/mol. The number of hydrogen-bond donors (Lipinski definition) is 1. The van der Waals surface area contributed by atoms with Crippen LogP contribution in [0.15, 0.2) is 65.7 Å². The van der Waals surface area contributed by atoms with Crippen LogP contribution in [0.3, 0.4) is 0 Å². The van der Waals surface area contributed by atoms with Crippen LogP contribution in [0.5, 0.6) is 0 Å². The minimum atomic E-state index is 0.181. The molecule has 2 heteroatoms. The molecule has 0 aromatic heterocycles. The zero-order valence-electron chi connectivity index (χ0n) is 10.3. The molecule has 0 aliphatic rings. The fraction of sp³-hybridized carbons (Fsp3) is 0.188. The van der Waals surface area contributed by atoms with Crippen LogP contribution in [0.2, 0.25) is 0 Å². The molecule has 92 valence electrons. The summed E-state index contributed by atoms with van der Waals surface area (Å²) in [5.74, 6) is 0. The Hall–Kier alpha value is -1.93. The fourth-order valence-corrected chi connectivity index (χ4v) is 1.80. The van der Waals surface area contributed by atoms with E-state index in [1.165, 1.54) is 0 Å². The minimum Gasteiger partial charge on any atom is -0.396 e. The van der Waals surface area contributed by atoms with Crippen LogP contribution in [0, 0.1) is 0 Å². The first kappa shape index (κ1) is 12.5. The van der Waals surface area contributed by atoms with Crippen molar-refractivity contribution in [2.75, 3.05) is 13.2 Å². The lowest BCUT2D eigenvalue weighted by Crippen LogP contribution is -2.04. The molecule has 2 rings (SSSR count). The summed E-state index contributed by atoms with van der Waals surface area (Å²) in [6, 6.07) is 20.3. The Morgan fingerprint density at radius 1 is 0.833 bits per heavy atom. The van der Waals surface area contributed by atoms with Crippen LogP contribution in [-0.4, -0.2) is 24.0 Å². The maximum absolute atomic E-state index is 8.85. The lowest BCUT2D eigenvalue weighted by molar-refractivity contribution is 0.291. The highest BCUT2D eigenvalue weighted by atomic mass is 16.3. The summed E-state index contributed by atoms with van der Waals surface area (Å²) in [6.45, 7) is 0.829. The van der Waals surface area contributed by atoms with E-state index < -0.39 is 0 Å². The topological polar surface area (TPSA) is 32.6 Å². The van der Waals surface area contributed by atoms with Crippen LogP contribution in [0.4, 0.5) is 0 Å². The molecule has 0 radical (unpaired) electrons. The quantitative estimate of drug-likeness (QED) is 0.631. The van der Waals surface area contributed by atoms with E-state index in [2.05, 4.69) is 29.3 Å². The van der Waals surface area contributed by atoms with E-state index in [4.69, 9.17) is 5.11 Å². The van der Waals surface area contributed by atoms with Gasteiger partial charge in [-0.05, 0) is 6.42 Å². The molecule has 2 aromatic rings. The third-order valence-corrected chi connectivity index (χ3v) is 2.68. The van der Waals surface area contributed by atoms with Gasteiger partial charge in [0, 0.05) is 24.3 Å². The Morgan fingerprint density at radius 2 is 1.33 bits per heavy atom. The Bertz CT molecular complexity index is 450. The largest absolute Gasteiger partial charge is 0.396 e. The standard InChI is InChI=1S/C16H17NO/c18-13-7-12-17-16(14-8-3-1-4-9-14)15-10-5-2-6-11-15/h1-6,8-11,18H,7,12-13H2. The number of benzene rings is 2. The van der Waals surface area contributed by atoms with Gasteiger partial charge < -0.3 is 5.11 Å². The average Bonchev–Trinajstić information content (AvgIpc) is 2.46. The van der Waals surface area contributed by atoms with Crippen molar-refractivity contribution >= 4 is 5.71 Å². The van der Waals surface area contributed by atoms with Gasteiger partial charge >= 0.3 is 0 Å². The first-order chi connectivity index (χ1) is 8.92. The smallest absolute Gasteiger partial charge is 0.0718 e. The third kappa shape index (κ3) is 3.28. The molecule has 0 saturated carbocycles. The van der Waals surface area contributed by atoms with Gasteiger partial charge in [-0.1, -0.05) is 60.7 Å². The van der Waals surface area contributed by atoms with Crippen molar-refractivity contribution in [2.45, 2.75) is 6.42 Å². The van der Waals surface area contributed by atoms with E-state index in [0.717, 1.165) is 16.8 Å². The molecule has 18 heavy (non-hydrogen) atoms. The van der Waals surface area contributed by atoms with Crippen molar-refractivity contribution in [3.63, 3.8) is 0 Å². The second kappa shape index (κ2) is 6.72. The zero-order chi connectivity index (χ0) is 12.6. The van der Waals surface area contributed by atoms with Crippen molar-refractivity contribution < 1.29 is 5.11 Å². The van der Waals surface area contributed by atoms with Crippen molar-refractivity contribution in [1.29, 1.82) is 0 Å². The van der Waals surface area contributed by atoms with Gasteiger partial charge in [0.2, 0.25) is 0 Å². The van der Waals surface area contributed by atoms with Gasteiger partial charge in [-0.15, -0.1) is 0 Å². The van der Waals surface area contributed by atoms with Gasteiger partial charge in [-0.3, -0.25) is 4.99 Å². The molecule has 0 unspecified atom stereocenters. The van der Waals surface area contributed by atoms with E-state index in [1.54, 1.807) is 0 Å². The van der Waals surface area contributed by atoms with Gasteiger partial charge in [0.05, 0.1) is 5.71 Å². The van der Waals surface area contributed by atoms with Gasteiger partial charge in [0.15, 0.2) is 0 Å². The van der Waals surface area contributed by atoms with Gasteiger partial charge in [0.25, 0.3) is 0 Å². The Kier molecular flexibility index (Phi) is 4.68. The number of nitrogens with zero attached hydrogens (tertiary/aromatic N) is 1.